The molecule has 1 amide bonds. The van der Waals surface area contributed by atoms with Crippen LogP contribution in [0.1, 0.15) is 53.9 Å². The van der Waals surface area contributed by atoms with Gasteiger partial charge in [0, 0.05) is 6.08 Å². The molecule has 1 aliphatic rings. The Kier molecular flexibility index (Phi) is 9.65. The smallest absolute Gasteiger partial charge is 0.327 e. The second kappa shape index (κ2) is 11.2. The zero-order chi connectivity index (χ0) is 23.8. The molecule has 172 valence electrons. The first-order valence-electron chi connectivity index (χ1n) is 10.1. The van der Waals surface area contributed by atoms with Gasteiger partial charge in [-0.15, -0.1) is 0 Å². The predicted molar refractivity (Wildman–Crippen MR) is 122 cm³/mol. The maximum Gasteiger partial charge on any atom is 0.327 e. The van der Waals surface area contributed by atoms with Crippen LogP contribution in [-0.4, -0.2) is 41.7 Å². The number of carboxylic acids is 1. The lowest BCUT2D eigenvalue weighted by molar-refractivity contribution is -0.140. The zero-order valence-corrected chi connectivity index (χ0v) is 19.6. The Morgan fingerprint density at radius 2 is 1.84 bits per heavy atom. The van der Waals surface area contributed by atoms with Crippen LogP contribution in [0.15, 0.2) is 58.7 Å². The van der Waals surface area contributed by atoms with Gasteiger partial charge in [0.1, 0.15) is 11.8 Å². The molecule has 0 aromatic heterocycles. The van der Waals surface area contributed by atoms with Crippen LogP contribution >= 0.6 is 0 Å². The Hall–Kier alpha value is -2.45. The lowest BCUT2D eigenvalue weighted by atomic mass is 9.72. The lowest BCUT2D eigenvalue weighted by Gasteiger charge is -2.32. The summed E-state index contributed by atoms with van der Waals surface area (Å²) in [7, 11) is -4.54. The Labute approximate surface area is 185 Å². The normalized spacial score (nSPS) is 19.2. The number of nitrogens with one attached hydrogen (secondary N) is 1. The van der Waals surface area contributed by atoms with Gasteiger partial charge in [-0.1, -0.05) is 55.4 Å². The van der Waals surface area contributed by atoms with Gasteiger partial charge in [-0.25, -0.2) is 4.79 Å². The van der Waals surface area contributed by atoms with Gasteiger partial charge in [-0.05, 0) is 56.6 Å². The van der Waals surface area contributed by atoms with Crippen molar-refractivity contribution in [2.45, 2.75) is 59.9 Å². The van der Waals surface area contributed by atoms with E-state index >= 15 is 0 Å². The Balaban J connectivity index is 2.77. The third-order valence-corrected chi connectivity index (χ3v) is 5.88. The van der Waals surface area contributed by atoms with Gasteiger partial charge in [0.2, 0.25) is 5.91 Å². The molecule has 0 saturated heterocycles. The van der Waals surface area contributed by atoms with Crippen LogP contribution in [0.2, 0.25) is 0 Å². The summed E-state index contributed by atoms with van der Waals surface area (Å²) in [6.07, 6.45) is 14.3. The quantitative estimate of drug-likeness (QED) is 0.277. The van der Waals surface area contributed by atoms with E-state index in [2.05, 4.69) is 38.2 Å². The predicted octanol–water partition coefficient (Wildman–Crippen LogP) is 3.98. The van der Waals surface area contributed by atoms with Crippen LogP contribution in [-0.2, 0) is 19.7 Å². The molecule has 0 aromatic rings. The van der Waals surface area contributed by atoms with Crippen LogP contribution in [0.4, 0.5) is 0 Å². The van der Waals surface area contributed by atoms with E-state index in [0.717, 1.165) is 18.1 Å². The fourth-order valence-electron chi connectivity index (χ4n) is 3.49. The molecule has 31 heavy (non-hydrogen) atoms. The maximum atomic E-state index is 11.9. The highest BCUT2D eigenvalue weighted by atomic mass is 32.2. The largest absolute Gasteiger partial charge is 0.480 e. The molecule has 1 atom stereocenters. The summed E-state index contributed by atoms with van der Waals surface area (Å²) >= 11 is 0. The van der Waals surface area contributed by atoms with Gasteiger partial charge in [-0.3, -0.25) is 9.35 Å². The number of amides is 1. The van der Waals surface area contributed by atoms with Gasteiger partial charge in [0.15, 0.2) is 0 Å². The molecule has 1 rings (SSSR count). The first-order chi connectivity index (χ1) is 14.2. The van der Waals surface area contributed by atoms with E-state index < -0.39 is 33.8 Å². The number of carbonyl (C=O) groups is 2. The summed E-state index contributed by atoms with van der Waals surface area (Å²) in [5.74, 6) is -3.41. The molecule has 1 unspecified atom stereocenters. The number of carbonyl (C=O) groups excluding carboxylic acids is 1. The van der Waals surface area contributed by atoms with Crippen LogP contribution in [0.3, 0.4) is 0 Å². The van der Waals surface area contributed by atoms with Gasteiger partial charge in [0.05, 0.1) is 0 Å². The van der Waals surface area contributed by atoms with E-state index in [9.17, 15) is 18.0 Å². The van der Waals surface area contributed by atoms with E-state index in [-0.39, 0.29) is 5.41 Å². The molecular formula is C23H33NO6S. The molecule has 0 aliphatic heterocycles. The molecule has 0 heterocycles. The average molecular weight is 452 g/mol. The first-order valence-corrected chi connectivity index (χ1v) is 11.7. The van der Waals surface area contributed by atoms with Crippen molar-refractivity contribution < 1.29 is 27.7 Å². The highest BCUT2D eigenvalue weighted by Gasteiger charge is 2.26. The molecule has 1 aliphatic carbocycles. The summed E-state index contributed by atoms with van der Waals surface area (Å²) in [6, 6.07) is -1.73. The number of aliphatic carboxylic acids is 1. The van der Waals surface area contributed by atoms with Crippen LogP contribution < -0.4 is 5.32 Å². The second-order valence-corrected chi connectivity index (χ2v) is 10.1. The van der Waals surface area contributed by atoms with Gasteiger partial charge >= 0.3 is 5.97 Å². The SMILES string of the molecule is CC1=C(/C=C/C(C)=C\C=C\C(C)=C\C(=O)NC(CS(=O)(=O)O)C(=O)O)C(C)(C)CCC1. The average Bonchev–Trinajstić information content (AvgIpc) is 2.58. The van der Waals surface area contributed by atoms with Crippen LogP contribution in [0, 0.1) is 5.41 Å². The van der Waals surface area contributed by atoms with Crippen molar-refractivity contribution in [1.29, 1.82) is 0 Å². The Bertz CT molecular complexity index is 949. The van der Waals surface area contributed by atoms with Gasteiger partial charge in [-0.2, -0.15) is 8.42 Å². The number of hydrogen-bond donors (Lipinski definition) is 3. The van der Waals surface area contributed by atoms with Gasteiger partial charge < -0.3 is 10.4 Å². The fraction of sp³-hybridized carbons (Fsp3) is 0.478. The summed E-state index contributed by atoms with van der Waals surface area (Å²) in [6.45, 7) is 10.3. The first kappa shape index (κ1) is 26.6. The standard InChI is InChI=1S/C23H33NO6S/c1-16(11-12-19-18(3)10-7-13-23(19,4)5)8-6-9-17(2)14-21(25)24-20(22(26)27)15-31(28,29)30/h6,8-9,11-12,14,20H,7,10,13,15H2,1-5H3,(H,24,25)(H,26,27)(H,28,29,30)/b9-6+,12-11+,16-8-,17-14+. The van der Waals surface area contributed by atoms with Crippen molar-refractivity contribution in [1.82, 2.24) is 5.32 Å². The van der Waals surface area contributed by atoms with Gasteiger partial charge in [0.25, 0.3) is 10.1 Å². The molecule has 3 N–H and O–H groups in total. The highest BCUT2D eigenvalue weighted by molar-refractivity contribution is 7.85. The maximum absolute atomic E-state index is 11.9. The summed E-state index contributed by atoms with van der Waals surface area (Å²) < 4.78 is 30.5. The summed E-state index contributed by atoms with van der Waals surface area (Å²) in [5, 5.41) is 11.0. The molecule has 0 bridgehead atoms. The van der Waals surface area contributed by atoms with E-state index in [1.54, 1.807) is 19.1 Å². The topological polar surface area (TPSA) is 121 Å². The number of rotatable bonds is 9. The number of allylic oxidation sites excluding steroid dienone is 9. The summed E-state index contributed by atoms with van der Waals surface area (Å²) in [5.41, 5.74) is 4.56. The highest BCUT2D eigenvalue weighted by Crippen LogP contribution is 2.40. The molecule has 0 fully saturated rings. The third-order valence-electron chi connectivity index (χ3n) is 5.12. The van der Waals surface area contributed by atoms with E-state index in [1.165, 1.54) is 24.0 Å². The monoisotopic (exact) mass is 451 g/mol. The Morgan fingerprint density at radius 1 is 1.19 bits per heavy atom. The lowest BCUT2D eigenvalue weighted by Crippen LogP contribution is -2.44. The molecule has 0 spiro atoms. The third kappa shape index (κ3) is 9.93. The zero-order valence-electron chi connectivity index (χ0n) is 18.8. The number of hydrogen-bond acceptors (Lipinski definition) is 4. The summed E-state index contributed by atoms with van der Waals surface area (Å²) in [4.78, 5) is 23.0. The molecule has 8 heteroatoms. The fourth-order valence-corrected chi connectivity index (χ4v) is 4.13. The van der Waals surface area contributed by atoms with Crippen molar-refractivity contribution in [3.63, 3.8) is 0 Å². The molecule has 0 saturated carbocycles. The van der Waals surface area contributed by atoms with Crippen molar-refractivity contribution in [2.24, 2.45) is 5.41 Å². The van der Waals surface area contributed by atoms with Crippen LogP contribution in [0.25, 0.3) is 0 Å². The van der Waals surface area contributed by atoms with Crippen LogP contribution in [0.5, 0.6) is 0 Å². The Morgan fingerprint density at radius 3 is 2.39 bits per heavy atom. The van der Waals surface area contributed by atoms with Crippen molar-refractivity contribution in [3.8, 4) is 0 Å². The van der Waals surface area contributed by atoms with Crippen molar-refractivity contribution in [2.75, 3.05) is 5.75 Å². The molecule has 0 aromatic carbocycles. The second-order valence-electron chi connectivity index (χ2n) is 8.57. The molecule has 7 nitrogen and oxygen atoms in total. The van der Waals surface area contributed by atoms with Crippen molar-refractivity contribution >= 4 is 22.0 Å². The number of carboxylic acid groups (broad SMARTS) is 1. The molecule has 0 radical (unpaired) electrons. The van der Waals surface area contributed by atoms with Crippen molar-refractivity contribution in [3.05, 3.63) is 58.7 Å². The minimum atomic E-state index is -4.54. The van der Waals surface area contributed by atoms with E-state index in [4.69, 9.17) is 9.66 Å². The molecular weight excluding hydrogens is 418 g/mol. The minimum Gasteiger partial charge on any atom is -0.480 e. The minimum absolute atomic E-state index is 0.171. The van der Waals surface area contributed by atoms with E-state index in [1.807, 2.05) is 13.0 Å². The van der Waals surface area contributed by atoms with E-state index in [0.29, 0.717) is 5.57 Å².